The van der Waals surface area contributed by atoms with E-state index in [0.29, 0.717) is 47.3 Å². The average molecular weight is 447 g/mol. The Kier molecular flexibility index (Phi) is 6.36. The molecule has 9 heteroatoms. The number of anilines is 1. The molecule has 2 atom stereocenters. The van der Waals surface area contributed by atoms with E-state index in [-0.39, 0.29) is 11.7 Å². The summed E-state index contributed by atoms with van der Waals surface area (Å²) in [6.45, 7) is 4.59. The summed E-state index contributed by atoms with van der Waals surface area (Å²) in [4.78, 5) is 8.94. The maximum Gasteiger partial charge on any atom is 0.266 e. The molecule has 4 rings (SSSR count). The molecule has 1 aliphatic heterocycles. The normalized spacial score (nSPS) is 17.0. The lowest BCUT2D eigenvalue weighted by molar-refractivity contribution is 0.139. The van der Waals surface area contributed by atoms with Crippen LogP contribution >= 0.6 is 0 Å². The number of nitrogens with one attached hydrogen (secondary N) is 1. The van der Waals surface area contributed by atoms with Gasteiger partial charge in [-0.1, -0.05) is 18.2 Å². The molecule has 1 aromatic heterocycles. The Balaban J connectivity index is 1.70. The fraction of sp³-hybridized carbons (Fsp3) is 0.391. The van der Waals surface area contributed by atoms with Gasteiger partial charge in [0, 0.05) is 23.4 Å². The molecule has 2 heterocycles. The quantitative estimate of drug-likeness (QED) is 0.526. The molecule has 0 saturated carbocycles. The summed E-state index contributed by atoms with van der Waals surface area (Å²) in [5.74, 6) is 1.05. The summed E-state index contributed by atoms with van der Waals surface area (Å²) < 4.78 is 57.8. The highest BCUT2D eigenvalue weighted by Crippen LogP contribution is 2.37. The van der Waals surface area contributed by atoms with E-state index in [1.54, 1.807) is 26.0 Å². The first-order valence-corrected chi connectivity index (χ1v) is 10.3. The summed E-state index contributed by atoms with van der Waals surface area (Å²) in [5.41, 5.74) is 0.114. The van der Waals surface area contributed by atoms with Gasteiger partial charge in [-0.3, -0.25) is 0 Å². The van der Waals surface area contributed by atoms with Crippen molar-refractivity contribution < 1.29 is 27.4 Å². The molecule has 32 heavy (non-hydrogen) atoms. The Hall–Kier alpha value is -3.07. The molecule has 0 radical (unpaired) electrons. The Bertz CT molecular complexity index is 1120. The third kappa shape index (κ3) is 4.43. The van der Waals surface area contributed by atoms with Crippen LogP contribution in [0.15, 0.2) is 30.3 Å². The highest BCUT2D eigenvalue weighted by molar-refractivity contribution is 5.92. The zero-order valence-corrected chi connectivity index (χ0v) is 18.0. The van der Waals surface area contributed by atoms with Crippen molar-refractivity contribution in [1.82, 2.24) is 9.97 Å². The molecule has 0 bridgehead atoms. The predicted molar refractivity (Wildman–Crippen MR) is 114 cm³/mol. The highest BCUT2D eigenvalue weighted by Gasteiger charge is 2.22. The zero-order valence-electron chi connectivity index (χ0n) is 18.0. The number of fused-ring (bicyclic) bond motifs is 1. The van der Waals surface area contributed by atoms with Crippen LogP contribution in [0, 0.1) is 12.7 Å². The van der Waals surface area contributed by atoms with Crippen LogP contribution in [0.4, 0.5) is 19.0 Å². The Morgan fingerprint density at radius 1 is 1.16 bits per heavy atom. The van der Waals surface area contributed by atoms with Gasteiger partial charge in [-0.05, 0) is 19.9 Å². The Labute approximate surface area is 183 Å². The minimum Gasteiger partial charge on any atom is -0.493 e. The second-order valence-corrected chi connectivity index (χ2v) is 7.66. The largest absolute Gasteiger partial charge is 0.493 e. The minimum atomic E-state index is -2.89. The molecule has 0 aliphatic carbocycles. The number of alkyl halides is 2. The first-order chi connectivity index (χ1) is 15.4. The molecule has 170 valence electrons. The third-order valence-electron chi connectivity index (χ3n) is 5.39. The van der Waals surface area contributed by atoms with Crippen molar-refractivity contribution in [2.75, 3.05) is 25.6 Å². The van der Waals surface area contributed by atoms with E-state index in [4.69, 9.17) is 14.2 Å². The first kappa shape index (κ1) is 22.1. The van der Waals surface area contributed by atoms with Crippen LogP contribution < -0.4 is 14.8 Å². The van der Waals surface area contributed by atoms with E-state index in [1.807, 2.05) is 0 Å². The summed E-state index contributed by atoms with van der Waals surface area (Å²) in [5, 5.41) is 3.78. The van der Waals surface area contributed by atoms with E-state index in [0.717, 1.165) is 12.5 Å². The lowest BCUT2D eigenvalue weighted by Gasteiger charge is -2.20. The lowest BCUT2D eigenvalue weighted by Crippen LogP contribution is -2.16. The van der Waals surface area contributed by atoms with Crippen LogP contribution in [0.1, 0.15) is 42.8 Å². The zero-order chi connectivity index (χ0) is 22.8. The number of aromatic nitrogens is 2. The number of nitrogens with zero attached hydrogens (tertiary/aromatic N) is 2. The summed E-state index contributed by atoms with van der Waals surface area (Å²) in [7, 11) is 1.54. The van der Waals surface area contributed by atoms with Gasteiger partial charge < -0.3 is 19.5 Å². The fourth-order valence-electron chi connectivity index (χ4n) is 3.75. The van der Waals surface area contributed by atoms with Gasteiger partial charge in [0.2, 0.25) is 0 Å². The van der Waals surface area contributed by atoms with Crippen molar-refractivity contribution in [2.45, 2.75) is 38.8 Å². The van der Waals surface area contributed by atoms with Crippen LogP contribution in [0.3, 0.4) is 0 Å². The van der Waals surface area contributed by atoms with Gasteiger partial charge in [0.1, 0.15) is 23.6 Å². The van der Waals surface area contributed by atoms with Crippen molar-refractivity contribution in [1.29, 1.82) is 0 Å². The van der Waals surface area contributed by atoms with Gasteiger partial charge in [-0.15, -0.1) is 0 Å². The van der Waals surface area contributed by atoms with E-state index in [2.05, 4.69) is 15.3 Å². The molecule has 0 spiro atoms. The molecule has 1 unspecified atom stereocenters. The van der Waals surface area contributed by atoms with Crippen molar-refractivity contribution in [3.63, 3.8) is 0 Å². The van der Waals surface area contributed by atoms with Gasteiger partial charge in [-0.25, -0.2) is 23.1 Å². The number of aryl methyl sites for hydroxylation is 1. The molecule has 2 aromatic carbocycles. The molecule has 1 aliphatic rings. The molecule has 1 N–H and O–H groups in total. The van der Waals surface area contributed by atoms with Gasteiger partial charge in [0.05, 0.1) is 37.4 Å². The Morgan fingerprint density at radius 2 is 1.94 bits per heavy atom. The van der Waals surface area contributed by atoms with Gasteiger partial charge in [-0.2, -0.15) is 0 Å². The Morgan fingerprint density at radius 3 is 2.62 bits per heavy atom. The van der Waals surface area contributed by atoms with Crippen LogP contribution in [-0.2, 0) is 4.74 Å². The predicted octanol–water partition coefficient (Wildman–Crippen LogP) is 5.36. The van der Waals surface area contributed by atoms with E-state index in [1.165, 1.54) is 19.2 Å². The van der Waals surface area contributed by atoms with Crippen LogP contribution in [-0.4, -0.2) is 36.4 Å². The number of ether oxygens (including phenoxy) is 3. The standard InChI is InChI=1S/C23H24F3N3O3/c1-12(15-5-4-6-16(21(15)24)22(25)26)27-23-17-9-19(30-3)20(32-14-7-8-31-11-14)10-18(17)28-13(2)29-23/h4-6,9-10,12,14,22H,7-8,11H2,1-3H3,(H,27,28,29)/t12-,14?/m1/s1. The molecule has 0 amide bonds. The SMILES string of the molecule is COc1cc2c(N[C@H](C)c3cccc(C(F)F)c3F)nc(C)nc2cc1OC1CCOC1. The second-order valence-electron chi connectivity index (χ2n) is 7.66. The maximum atomic E-state index is 14.6. The van der Waals surface area contributed by atoms with Crippen molar-refractivity contribution in [2.24, 2.45) is 0 Å². The summed E-state index contributed by atoms with van der Waals surface area (Å²) in [6, 6.07) is 6.88. The molecule has 1 fully saturated rings. The monoisotopic (exact) mass is 447 g/mol. The summed E-state index contributed by atoms with van der Waals surface area (Å²) >= 11 is 0. The third-order valence-corrected chi connectivity index (χ3v) is 5.39. The number of hydrogen-bond acceptors (Lipinski definition) is 6. The van der Waals surface area contributed by atoms with E-state index < -0.39 is 23.8 Å². The number of hydrogen-bond donors (Lipinski definition) is 1. The van der Waals surface area contributed by atoms with Crippen molar-refractivity contribution >= 4 is 16.7 Å². The van der Waals surface area contributed by atoms with Gasteiger partial charge in [0.15, 0.2) is 11.5 Å². The molecular weight excluding hydrogens is 423 g/mol. The topological polar surface area (TPSA) is 65.5 Å². The molecule has 1 saturated heterocycles. The molecular formula is C23H24F3N3O3. The van der Waals surface area contributed by atoms with Crippen LogP contribution in [0.5, 0.6) is 11.5 Å². The fourth-order valence-corrected chi connectivity index (χ4v) is 3.75. The maximum absolute atomic E-state index is 14.6. The molecule has 6 nitrogen and oxygen atoms in total. The van der Waals surface area contributed by atoms with Crippen molar-refractivity contribution in [3.8, 4) is 11.5 Å². The lowest BCUT2D eigenvalue weighted by atomic mass is 10.0. The van der Waals surface area contributed by atoms with E-state index in [9.17, 15) is 13.2 Å². The van der Waals surface area contributed by atoms with Gasteiger partial charge >= 0.3 is 0 Å². The summed E-state index contributed by atoms with van der Waals surface area (Å²) in [6.07, 6.45) is -2.17. The number of methoxy groups -OCH3 is 1. The number of rotatable bonds is 7. The van der Waals surface area contributed by atoms with Crippen molar-refractivity contribution in [3.05, 3.63) is 53.1 Å². The molecule has 3 aromatic rings. The first-order valence-electron chi connectivity index (χ1n) is 10.3. The second kappa shape index (κ2) is 9.20. The number of halogens is 3. The van der Waals surface area contributed by atoms with E-state index >= 15 is 0 Å². The van der Waals surface area contributed by atoms with Crippen LogP contribution in [0.25, 0.3) is 10.9 Å². The number of benzene rings is 2. The average Bonchev–Trinajstić information content (AvgIpc) is 3.26. The van der Waals surface area contributed by atoms with Gasteiger partial charge in [0.25, 0.3) is 6.43 Å². The highest BCUT2D eigenvalue weighted by atomic mass is 19.3. The van der Waals surface area contributed by atoms with Crippen LogP contribution in [0.2, 0.25) is 0 Å². The smallest absolute Gasteiger partial charge is 0.266 e. The minimum absolute atomic E-state index is 0.0630.